The summed E-state index contributed by atoms with van der Waals surface area (Å²) < 4.78 is 4.98. The number of hydrogen-bond acceptors (Lipinski definition) is 1. The fourth-order valence-corrected chi connectivity index (χ4v) is 0.515. The smallest absolute Gasteiger partial charge is 0.106 e. The second kappa shape index (κ2) is 1.51. The average Bonchev–Trinajstić information content (AvgIpc) is 2.43. The van der Waals surface area contributed by atoms with E-state index in [1.165, 1.54) is 0 Å². The van der Waals surface area contributed by atoms with Crippen LogP contribution in [0, 0.1) is 0 Å². The lowest BCUT2D eigenvalue weighted by Crippen LogP contribution is -1.79. The number of epoxide rings is 1. The standard InChI is InChI=1S/C6H8O/c1-3-5-6(4-2)7-5/h3-6H,1-2H2. The van der Waals surface area contributed by atoms with Crippen LogP contribution in [0.25, 0.3) is 0 Å². The number of ether oxygens (including phenoxy) is 1. The van der Waals surface area contributed by atoms with Crippen LogP contribution in [0.2, 0.25) is 0 Å². The molecule has 1 nitrogen and oxygen atoms in total. The fraction of sp³-hybridized carbons (Fsp3) is 0.333. The largest absolute Gasteiger partial charge is 0.361 e. The normalized spacial score (nSPS) is 37.1. The van der Waals surface area contributed by atoms with Gasteiger partial charge in [0, 0.05) is 0 Å². The second-order valence-corrected chi connectivity index (χ2v) is 1.54. The molecule has 0 radical (unpaired) electrons. The lowest BCUT2D eigenvalue weighted by Gasteiger charge is -1.67. The quantitative estimate of drug-likeness (QED) is 0.371. The third kappa shape index (κ3) is 0.722. The van der Waals surface area contributed by atoms with Crippen molar-refractivity contribution in [1.82, 2.24) is 0 Å². The molecular formula is C6H8O. The summed E-state index contributed by atoms with van der Waals surface area (Å²) in [6.07, 6.45) is 4.09. The van der Waals surface area contributed by atoms with Gasteiger partial charge in [-0.3, -0.25) is 0 Å². The predicted octanol–water partition coefficient (Wildman–Crippen LogP) is 1.13. The zero-order chi connectivity index (χ0) is 5.28. The minimum absolute atomic E-state index is 0.262. The summed E-state index contributed by atoms with van der Waals surface area (Å²) in [6, 6.07) is 0. The molecule has 0 aromatic rings. The molecule has 2 unspecified atom stereocenters. The molecule has 1 heterocycles. The van der Waals surface area contributed by atoms with Gasteiger partial charge < -0.3 is 4.74 Å². The minimum Gasteiger partial charge on any atom is -0.361 e. The van der Waals surface area contributed by atoms with E-state index < -0.39 is 0 Å². The Morgan fingerprint density at radius 2 is 1.57 bits per heavy atom. The highest BCUT2D eigenvalue weighted by Crippen LogP contribution is 2.22. The van der Waals surface area contributed by atoms with E-state index in [9.17, 15) is 0 Å². The molecule has 7 heavy (non-hydrogen) atoms. The number of hydrogen-bond donors (Lipinski definition) is 0. The van der Waals surface area contributed by atoms with Gasteiger partial charge in [-0.2, -0.15) is 0 Å². The Balaban J connectivity index is 2.30. The van der Waals surface area contributed by atoms with E-state index in [1.54, 1.807) is 12.2 Å². The van der Waals surface area contributed by atoms with Crippen molar-refractivity contribution < 1.29 is 4.74 Å². The molecular weight excluding hydrogens is 88.1 g/mol. The van der Waals surface area contributed by atoms with Crippen molar-refractivity contribution in [2.45, 2.75) is 12.2 Å². The maximum Gasteiger partial charge on any atom is 0.106 e. The molecule has 38 valence electrons. The highest BCUT2D eigenvalue weighted by Gasteiger charge is 2.32. The summed E-state index contributed by atoms with van der Waals surface area (Å²) in [5.41, 5.74) is 0. The third-order valence-corrected chi connectivity index (χ3v) is 1.03. The van der Waals surface area contributed by atoms with Crippen LogP contribution >= 0.6 is 0 Å². The van der Waals surface area contributed by atoms with Gasteiger partial charge in [0.05, 0.1) is 0 Å². The van der Waals surface area contributed by atoms with E-state index in [1.807, 2.05) is 0 Å². The molecule has 1 fully saturated rings. The fourth-order valence-electron chi connectivity index (χ4n) is 0.515. The Morgan fingerprint density at radius 1 is 1.14 bits per heavy atom. The van der Waals surface area contributed by atoms with E-state index in [-0.39, 0.29) is 12.2 Å². The van der Waals surface area contributed by atoms with Gasteiger partial charge in [-0.05, 0) is 0 Å². The molecule has 0 bridgehead atoms. The van der Waals surface area contributed by atoms with Crippen LogP contribution in [0.15, 0.2) is 25.3 Å². The highest BCUT2D eigenvalue weighted by atomic mass is 16.6. The van der Waals surface area contributed by atoms with Crippen LogP contribution in [0.3, 0.4) is 0 Å². The zero-order valence-corrected chi connectivity index (χ0v) is 4.13. The molecule has 0 aromatic carbocycles. The van der Waals surface area contributed by atoms with Gasteiger partial charge in [-0.1, -0.05) is 12.2 Å². The Labute approximate surface area is 43.3 Å². The van der Waals surface area contributed by atoms with Crippen molar-refractivity contribution in [1.29, 1.82) is 0 Å². The van der Waals surface area contributed by atoms with E-state index in [0.29, 0.717) is 0 Å². The van der Waals surface area contributed by atoms with E-state index in [4.69, 9.17) is 4.74 Å². The molecule has 0 N–H and O–H groups in total. The first-order valence-corrected chi connectivity index (χ1v) is 2.29. The van der Waals surface area contributed by atoms with E-state index in [0.717, 1.165) is 0 Å². The molecule has 1 aliphatic rings. The van der Waals surface area contributed by atoms with Crippen LogP contribution in [0.1, 0.15) is 0 Å². The first kappa shape index (κ1) is 4.60. The summed E-state index contributed by atoms with van der Waals surface area (Å²) in [6.45, 7) is 7.10. The van der Waals surface area contributed by atoms with E-state index >= 15 is 0 Å². The molecule has 1 rings (SSSR count). The van der Waals surface area contributed by atoms with Crippen LogP contribution in [0.4, 0.5) is 0 Å². The van der Waals surface area contributed by atoms with Crippen LogP contribution in [-0.4, -0.2) is 12.2 Å². The summed E-state index contributed by atoms with van der Waals surface area (Å²) in [5, 5.41) is 0. The molecule has 0 aliphatic carbocycles. The number of rotatable bonds is 2. The molecule has 0 saturated carbocycles. The predicted molar refractivity (Wildman–Crippen MR) is 29.1 cm³/mol. The van der Waals surface area contributed by atoms with Crippen molar-refractivity contribution in [2.75, 3.05) is 0 Å². The SMILES string of the molecule is C=CC1OC1C=C. The minimum atomic E-state index is 0.262. The van der Waals surface area contributed by atoms with Gasteiger partial charge in [0.2, 0.25) is 0 Å². The van der Waals surface area contributed by atoms with Gasteiger partial charge in [0.15, 0.2) is 0 Å². The molecule has 1 heteroatoms. The van der Waals surface area contributed by atoms with E-state index in [2.05, 4.69) is 13.2 Å². The topological polar surface area (TPSA) is 12.5 Å². The van der Waals surface area contributed by atoms with Gasteiger partial charge in [-0.25, -0.2) is 0 Å². The maximum atomic E-state index is 4.98. The third-order valence-electron chi connectivity index (χ3n) is 1.03. The van der Waals surface area contributed by atoms with Crippen LogP contribution < -0.4 is 0 Å². The van der Waals surface area contributed by atoms with Crippen molar-refractivity contribution in [3.8, 4) is 0 Å². The van der Waals surface area contributed by atoms with Crippen molar-refractivity contribution in [3.05, 3.63) is 25.3 Å². The molecule has 2 atom stereocenters. The second-order valence-electron chi connectivity index (χ2n) is 1.54. The first-order valence-electron chi connectivity index (χ1n) is 2.29. The Bertz CT molecular complexity index is 84.4. The molecule has 1 aliphatic heterocycles. The van der Waals surface area contributed by atoms with Crippen molar-refractivity contribution in [3.63, 3.8) is 0 Å². The summed E-state index contributed by atoms with van der Waals surface area (Å²) >= 11 is 0. The lowest BCUT2D eigenvalue weighted by atomic mass is 10.3. The summed E-state index contributed by atoms with van der Waals surface area (Å²) in [4.78, 5) is 0. The molecule has 0 spiro atoms. The zero-order valence-electron chi connectivity index (χ0n) is 4.13. The molecule has 0 aromatic heterocycles. The summed E-state index contributed by atoms with van der Waals surface area (Å²) in [5.74, 6) is 0. The Hall–Kier alpha value is -0.560. The molecule has 1 saturated heterocycles. The van der Waals surface area contributed by atoms with Gasteiger partial charge in [0.25, 0.3) is 0 Å². The Kier molecular flexibility index (Phi) is 0.988. The van der Waals surface area contributed by atoms with Crippen LogP contribution in [0.5, 0.6) is 0 Å². The monoisotopic (exact) mass is 96.1 g/mol. The first-order chi connectivity index (χ1) is 3.38. The maximum absolute atomic E-state index is 4.98. The summed E-state index contributed by atoms with van der Waals surface area (Å²) in [7, 11) is 0. The van der Waals surface area contributed by atoms with Gasteiger partial charge in [-0.15, -0.1) is 13.2 Å². The highest BCUT2D eigenvalue weighted by molar-refractivity contribution is 5.06. The average molecular weight is 96.1 g/mol. The Morgan fingerprint density at radius 3 is 1.71 bits per heavy atom. The van der Waals surface area contributed by atoms with Crippen molar-refractivity contribution in [2.24, 2.45) is 0 Å². The van der Waals surface area contributed by atoms with Gasteiger partial charge >= 0.3 is 0 Å². The van der Waals surface area contributed by atoms with Crippen LogP contribution in [-0.2, 0) is 4.74 Å². The molecule has 0 amide bonds. The van der Waals surface area contributed by atoms with Crippen molar-refractivity contribution >= 4 is 0 Å². The van der Waals surface area contributed by atoms with Gasteiger partial charge in [0.1, 0.15) is 12.2 Å². The lowest BCUT2D eigenvalue weighted by molar-refractivity contribution is 0.414.